The van der Waals surface area contributed by atoms with E-state index >= 15 is 0 Å². The molecule has 0 spiro atoms. The van der Waals surface area contributed by atoms with Gasteiger partial charge in [-0.2, -0.15) is 0 Å². The molecule has 46 valence electrons. The van der Waals surface area contributed by atoms with Crippen molar-refractivity contribution in [1.29, 1.82) is 0 Å². The van der Waals surface area contributed by atoms with E-state index in [1.54, 1.807) is 0 Å². The molecule has 0 N–H and O–H groups in total. The molecule has 0 aromatic rings. The summed E-state index contributed by atoms with van der Waals surface area (Å²) in [6.07, 6.45) is 8.37. The molecule has 0 aliphatic heterocycles. The van der Waals surface area contributed by atoms with E-state index in [9.17, 15) is 0 Å². The molecule has 0 heterocycles. The van der Waals surface area contributed by atoms with E-state index in [1.165, 1.54) is 25.4 Å². The van der Waals surface area contributed by atoms with E-state index in [-0.39, 0.29) is 0 Å². The first kappa shape index (κ1) is 9.03. The van der Waals surface area contributed by atoms with Gasteiger partial charge in [-0.1, -0.05) is 0 Å². The van der Waals surface area contributed by atoms with E-state index in [1.807, 2.05) is 6.08 Å². The van der Waals surface area contributed by atoms with Crippen molar-refractivity contribution in [2.75, 3.05) is 0 Å². The van der Waals surface area contributed by atoms with Crippen LogP contribution in [0.25, 0.3) is 0 Å². The molecule has 2 heteroatoms. The SMILES string of the molecule is C#C/C(C=[CH-])=C/[C](P)=[W]. The molecule has 0 saturated carbocycles. The van der Waals surface area contributed by atoms with E-state index in [0.29, 0.717) is 0 Å². The monoisotopic (exact) mass is 305 g/mol. The quantitative estimate of drug-likeness (QED) is 0.310. The van der Waals surface area contributed by atoms with Crippen molar-refractivity contribution in [3.05, 3.63) is 24.3 Å². The third kappa shape index (κ3) is 4.53. The Balaban J connectivity index is 4.30. The summed E-state index contributed by atoms with van der Waals surface area (Å²) in [6.45, 7) is 5.18. The minimum absolute atomic E-state index is 0.731. The average Bonchev–Trinajstić information content (AvgIpc) is 1.82. The van der Waals surface area contributed by atoms with Crippen molar-refractivity contribution in [3.8, 4) is 12.3 Å². The van der Waals surface area contributed by atoms with Gasteiger partial charge in [0.1, 0.15) is 0 Å². The molecule has 0 aliphatic rings. The van der Waals surface area contributed by atoms with Crippen molar-refractivity contribution in [1.82, 2.24) is 0 Å². The topological polar surface area (TPSA) is 0 Å². The van der Waals surface area contributed by atoms with E-state index in [4.69, 9.17) is 13.0 Å². The summed E-state index contributed by atoms with van der Waals surface area (Å²) in [7, 11) is 2.57. The van der Waals surface area contributed by atoms with Crippen LogP contribution in [0.4, 0.5) is 0 Å². The summed E-state index contributed by atoms with van der Waals surface area (Å²) in [6, 6.07) is 0. The summed E-state index contributed by atoms with van der Waals surface area (Å²) in [5.41, 5.74) is 0.731. The molecule has 1 atom stereocenters. The molecule has 0 bridgehead atoms. The van der Waals surface area contributed by atoms with E-state index < -0.39 is 0 Å². The van der Waals surface area contributed by atoms with Gasteiger partial charge >= 0.3 is 68.9 Å². The molecule has 0 rings (SSSR count). The molecule has 9 heavy (non-hydrogen) atoms. The Morgan fingerprint density at radius 3 is 2.44 bits per heavy atom. The Hall–Kier alpha value is 0.0283. The molecule has 0 fully saturated rings. The maximum absolute atomic E-state index is 5.18. The van der Waals surface area contributed by atoms with Crippen molar-refractivity contribution >= 4 is 12.9 Å². The van der Waals surface area contributed by atoms with Crippen molar-refractivity contribution in [2.24, 2.45) is 0 Å². The Labute approximate surface area is 69.0 Å². The predicted octanol–water partition coefficient (Wildman–Crippen LogP) is 1.09. The molecule has 1 unspecified atom stereocenters. The normalized spacial score (nSPS) is 10.0. The van der Waals surface area contributed by atoms with Gasteiger partial charge in [0.2, 0.25) is 0 Å². The van der Waals surface area contributed by atoms with Crippen LogP contribution >= 0.6 is 9.24 Å². The first-order valence-corrected chi connectivity index (χ1v) is 4.27. The fraction of sp³-hybridized carbons (Fsp3) is 0. The number of rotatable bonds is 2. The van der Waals surface area contributed by atoms with Gasteiger partial charge in [-0.3, -0.25) is 0 Å². The van der Waals surface area contributed by atoms with Gasteiger partial charge in [0.25, 0.3) is 0 Å². The van der Waals surface area contributed by atoms with Crippen LogP contribution in [0.2, 0.25) is 0 Å². The maximum atomic E-state index is 5.18. The first-order valence-electron chi connectivity index (χ1n) is 2.23. The van der Waals surface area contributed by atoms with Crippen LogP contribution in [0.15, 0.2) is 17.7 Å². The third-order valence-electron chi connectivity index (χ3n) is 0.644. The van der Waals surface area contributed by atoms with Gasteiger partial charge < -0.3 is 0 Å². The zero-order chi connectivity index (χ0) is 7.28. The summed E-state index contributed by atoms with van der Waals surface area (Å²) in [5, 5.41) is 0. The van der Waals surface area contributed by atoms with Crippen LogP contribution in [0.3, 0.4) is 0 Å². The zero-order valence-electron chi connectivity index (χ0n) is 4.79. The standard InChI is InChI=1S/C7H6P.W/c1-3-7(4-2)5-6-8;/h1-3,5H,8H2;/q-1;/b7-5+;. The van der Waals surface area contributed by atoms with Crippen LogP contribution in [-0.4, -0.2) is 3.64 Å². The second kappa shape index (κ2) is 4.87. The van der Waals surface area contributed by atoms with Crippen molar-refractivity contribution in [3.63, 3.8) is 0 Å². The van der Waals surface area contributed by atoms with Crippen LogP contribution < -0.4 is 0 Å². The minimum atomic E-state index is 0.731. The Kier molecular flexibility index (Phi) is 4.88. The molecule has 0 radical (unpaired) electrons. The van der Waals surface area contributed by atoms with Crippen molar-refractivity contribution < 1.29 is 19.4 Å². The molecule has 0 amide bonds. The number of hydrogen-bond acceptors (Lipinski definition) is 0. The van der Waals surface area contributed by atoms with Gasteiger partial charge in [-0.25, -0.2) is 0 Å². The number of terminal acetylenes is 1. The molecular formula is C7H6PW-. The average molecular weight is 305 g/mol. The summed E-state index contributed by atoms with van der Waals surface area (Å²) in [5.74, 6) is 2.44. The van der Waals surface area contributed by atoms with Gasteiger partial charge in [0, 0.05) is 0 Å². The van der Waals surface area contributed by atoms with E-state index in [2.05, 4.69) is 15.2 Å². The fourth-order valence-corrected chi connectivity index (χ4v) is 0.927. The number of hydrogen-bond donors (Lipinski definition) is 0. The molecule has 0 aliphatic carbocycles. The van der Waals surface area contributed by atoms with Crippen LogP contribution in [-0.2, 0) is 19.4 Å². The van der Waals surface area contributed by atoms with Crippen molar-refractivity contribution in [2.45, 2.75) is 0 Å². The molecular weight excluding hydrogens is 299 g/mol. The fourth-order valence-electron chi connectivity index (χ4n) is 0.291. The Bertz CT molecular complexity index is 195. The van der Waals surface area contributed by atoms with Gasteiger partial charge in [-0.05, 0) is 0 Å². The van der Waals surface area contributed by atoms with Crippen LogP contribution in [0.1, 0.15) is 0 Å². The zero-order valence-corrected chi connectivity index (χ0v) is 8.88. The molecule has 0 saturated heterocycles. The van der Waals surface area contributed by atoms with Gasteiger partial charge in [0.15, 0.2) is 0 Å². The Morgan fingerprint density at radius 1 is 1.78 bits per heavy atom. The van der Waals surface area contributed by atoms with Crippen LogP contribution in [0, 0.1) is 18.9 Å². The second-order valence-electron chi connectivity index (χ2n) is 1.31. The van der Waals surface area contributed by atoms with Gasteiger partial charge in [-0.15, -0.1) is 0 Å². The Morgan fingerprint density at radius 2 is 2.33 bits per heavy atom. The molecule has 0 aromatic heterocycles. The number of allylic oxidation sites excluding steroid dienone is 3. The molecule has 0 nitrogen and oxygen atoms in total. The predicted molar refractivity (Wildman–Crippen MR) is 40.5 cm³/mol. The molecule has 0 aromatic carbocycles. The van der Waals surface area contributed by atoms with Gasteiger partial charge in [0.05, 0.1) is 0 Å². The van der Waals surface area contributed by atoms with Crippen LogP contribution in [0.5, 0.6) is 0 Å². The summed E-state index contributed by atoms with van der Waals surface area (Å²) in [4.78, 5) is 0. The summed E-state index contributed by atoms with van der Waals surface area (Å²) < 4.78 is 1.16. The third-order valence-corrected chi connectivity index (χ3v) is 1.23. The second-order valence-corrected chi connectivity index (χ2v) is 5.27. The first-order chi connectivity index (χ1) is 4.20. The van der Waals surface area contributed by atoms with E-state index in [0.717, 1.165) is 9.21 Å². The summed E-state index contributed by atoms with van der Waals surface area (Å²) >= 11 is 1.38.